The fraction of sp³-hybridized carbons (Fsp3) is 0.318. The maximum Gasteiger partial charge on any atom is 0.151 e. The molecule has 7 nitrogen and oxygen atoms in total. The van der Waals surface area contributed by atoms with Gasteiger partial charge in [-0.1, -0.05) is 6.07 Å². The maximum atomic E-state index is 4.56. The monoisotopic (exact) mass is 387 g/mol. The van der Waals surface area contributed by atoms with Crippen molar-refractivity contribution in [3.63, 3.8) is 0 Å². The Morgan fingerprint density at radius 2 is 1.97 bits per heavy atom. The average molecular weight is 387 g/mol. The van der Waals surface area contributed by atoms with Crippen LogP contribution in [0.2, 0.25) is 0 Å². The van der Waals surface area contributed by atoms with Crippen molar-refractivity contribution in [3.8, 4) is 22.4 Å². The summed E-state index contributed by atoms with van der Waals surface area (Å²) in [4.78, 5) is 5.63. The molecular formula is C22H25N7. The molecule has 5 rings (SSSR count). The van der Waals surface area contributed by atoms with Crippen molar-refractivity contribution >= 4 is 16.7 Å². The van der Waals surface area contributed by atoms with Gasteiger partial charge in [-0.3, -0.25) is 5.10 Å². The smallest absolute Gasteiger partial charge is 0.151 e. The second-order valence-corrected chi connectivity index (χ2v) is 7.84. The van der Waals surface area contributed by atoms with Crippen molar-refractivity contribution in [2.45, 2.75) is 31.8 Å². The van der Waals surface area contributed by atoms with Crippen LogP contribution in [0.5, 0.6) is 0 Å². The minimum absolute atomic E-state index is 0.496. The maximum absolute atomic E-state index is 4.56. The molecule has 1 aliphatic rings. The number of fused-ring (bicyclic) bond motifs is 1. The van der Waals surface area contributed by atoms with E-state index in [0.717, 1.165) is 58.5 Å². The van der Waals surface area contributed by atoms with E-state index in [-0.39, 0.29) is 0 Å². The standard InChI is InChI=1S/C22H25N7/c1-14-11-16(7-9-23-14)29(2)21-6-5-20(27-28-21)19-4-3-17(15-12-25-26-13-15)18-8-10-24-22(18)19/h3-6,8,10,12-14,16,23-24H,7,9,11H2,1-2H3,(H,25,26). The van der Waals surface area contributed by atoms with E-state index in [0.29, 0.717) is 12.1 Å². The fourth-order valence-corrected chi connectivity index (χ4v) is 4.32. The molecule has 1 fully saturated rings. The van der Waals surface area contributed by atoms with Gasteiger partial charge >= 0.3 is 0 Å². The van der Waals surface area contributed by atoms with Crippen LogP contribution in [-0.2, 0) is 0 Å². The summed E-state index contributed by atoms with van der Waals surface area (Å²) in [7, 11) is 2.12. The minimum Gasteiger partial charge on any atom is -0.361 e. The Hall–Kier alpha value is -3.19. The number of aromatic nitrogens is 5. The first-order valence-electron chi connectivity index (χ1n) is 10.1. The number of aromatic amines is 2. The predicted molar refractivity (Wildman–Crippen MR) is 116 cm³/mol. The van der Waals surface area contributed by atoms with E-state index in [1.807, 2.05) is 18.6 Å². The number of hydrogen-bond acceptors (Lipinski definition) is 5. The van der Waals surface area contributed by atoms with Crippen LogP contribution in [-0.4, -0.2) is 51.1 Å². The molecule has 1 aliphatic heterocycles. The highest BCUT2D eigenvalue weighted by atomic mass is 15.3. The predicted octanol–water partition coefficient (Wildman–Crippen LogP) is 3.59. The number of anilines is 1. The Bertz CT molecular complexity index is 1100. The van der Waals surface area contributed by atoms with Gasteiger partial charge in [0.2, 0.25) is 0 Å². The molecule has 0 spiro atoms. The van der Waals surface area contributed by atoms with Crippen LogP contribution in [0.1, 0.15) is 19.8 Å². The molecule has 29 heavy (non-hydrogen) atoms. The molecule has 7 heteroatoms. The number of rotatable bonds is 4. The van der Waals surface area contributed by atoms with Gasteiger partial charge in [0.05, 0.1) is 17.4 Å². The van der Waals surface area contributed by atoms with Gasteiger partial charge in [0.25, 0.3) is 0 Å². The molecule has 2 atom stereocenters. The summed E-state index contributed by atoms with van der Waals surface area (Å²) >= 11 is 0. The summed E-state index contributed by atoms with van der Waals surface area (Å²) in [6.07, 6.45) is 7.97. The van der Waals surface area contributed by atoms with E-state index < -0.39 is 0 Å². The fourth-order valence-electron chi connectivity index (χ4n) is 4.32. The lowest BCUT2D eigenvalue weighted by Gasteiger charge is -2.35. The Morgan fingerprint density at radius 1 is 1.07 bits per heavy atom. The van der Waals surface area contributed by atoms with Crippen molar-refractivity contribution in [1.82, 2.24) is 30.7 Å². The molecule has 4 heterocycles. The van der Waals surface area contributed by atoms with Crippen LogP contribution < -0.4 is 10.2 Å². The van der Waals surface area contributed by atoms with E-state index in [1.54, 1.807) is 0 Å². The van der Waals surface area contributed by atoms with E-state index in [2.05, 4.69) is 79.9 Å². The van der Waals surface area contributed by atoms with Crippen molar-refractivity contribution in [2.75, 3.05) is 18.5 Å². The number of benzene rings is 1. The number of piperidine rings is 1. The molecule has 0 amide bonds. The highest BCUT2D eigenvalue weighted by Gasteiger charge is 2.23. The Labute approximate surface area is 169 Å². The third-order valence-corrected chi connectivity index (χ3v) is 5.96. The molecule has 0 radical (unpaired) electrons. The Balaban J connectivity index is 1.45. The molecular weight excluding hydrogens is 362 g/mol. The number of H-pyrrole nitrogens is 2. The number of nitrogens with one attached hydrogen (secondary N) is 3. The number of nitrogens with zero attached hydrogens (tertiary/aromatic N) is 4. The van der Waals surface area contributed by atoms with Crippen LogP contribution in [0.15, 0.2) is 48.9 Å². The Kier molecular flexibility index (Phi) is 4.52. The summed E-state index contributed by atoms with van der Waals surface area (Å²) in [5, 5.41) is 20.7. The van der Waals surface area contributed by atoms with Gasteiger partial charge < -0.3 is 15.2 Å². The van der Waals surface area contributed by atoms with Crippen LogP contribution in [0.4, 0.5) is 5.82 Å². The van der Waals surface area contributed by atoms with Crippen LogP contribution in [0.25, 0.3) is 33.3 Å². The summed E-state index contributed by atoms with van der Waals surface area (Å²) in [5.41, 5.74) is 5.19. The lowest BCUT2D eigenvalue weighted by Crippen LogP contribution is -2.45. The van der Waals surface area contributed by atoms with E-state index in [9.17, 15) is 0 Å². The minimum atomic E-state index is 0.496. The molecule has 0 saturated carbocycles. The Morgan fingerprint density at radius 3 is 2.72 bits per heavy atom. The second kappa shape index (κ2) is 7.33. The first kappa shape index (κ1) is 17.9. The van der Waals surface area contributed by atoms with Gasteiger partial charge in [-0.05, 0) is 56.1 Å². The van der Waals surface area contributed by atoms with E-state index in [4.69, 9.17) is 0 Å². The molecule has 4 aromatic rings. The van der Waals surface area contributed by atoms with Gasteiger partial charge in [0, 0.05) is 48.0 Å². The molecule has 2 unspecified atom stereocenters. The zero-order valence-corrected chi connectivity index (χ0v) is 16.7. The van der Waals surface area contributed by atoms with Crippen LogP contribution in [0.3, 0.4) is 0 Å². The van der Waals surface area contributed by atoms with Gasteiger partial charge in [-0.2, -0.15) is 5.10 Å². The highest BCUT2D eigenvalue weighted by molar-refractivity contribution is 6.02. The third kappa shape index (κ3) is 3.27. The zero-order chi connectivity index (χ0) is 19.8. The lowest BCUT2D eigenvalue weighted by atomic mass is 9.99. The first-order chi connectivity index (χ1) is 14.2. The van der Waals surface area contributed by atoms with Crippen molar-refractivity contribution < 1.29 is 0 Å². The summed E-state index contributed by atoms with van der Waals surface area (Å²) in [6, 6.07) is 11.5. The van der Waals surface area contributed by atoms with E-state index in [1.165, 1.54) is 0 Å². The van der Waals surface area contributed by atoms with Crippen molar-refractivity contribution in [1.29, 1.82) is 0 Å². The molecule has 0 bridgehead atoms. The second-order valence-electron chi connectivity index (χ2n) is 7.84. The van der Waals surface area contributed by atoms with Gasteiger partial charge in [-0.15, -0.1) is 10.2 Å². The summed E-state index contributed by atoms with van der Waals surface area (Å²) < 4.78 is 0. The third-order valence-electron chi connectivity index (χ3n) is 5.96. The molecule has 3 N–H and O–H groups in total. The molecule has 1 saturated heterocycles. The van der Waals surface area contributed by atoms with Crippen LogP contribution >= 0.6 is 0 Å². The SMILES string of the molecule is CC1CC(N(C)c2ccc(-c3ccc(-c4cn[nH]c4)c4cc[nH]c34)nn2)CCN1. The average Bonchev–Trinajstić information content (AvgIpc) is 3.45. The zero-order valence-electron chi connectivity index (χ0n) is 16.7. The largest absolute Gasteiger partial charge is 0.361 e. The van der Waals surface area contributed by atoms with Crippen molar-refractivity contribution in [2.24, 2.45) is 0 Å². The van der Waals surface area contributed by atoms with Gasteiger partial charge in [0.1, 0.15) is 0 Å². The quantitative estimate of drug-likeness (QED) is 0.498. The molecule has 3 aromatic heterocycles. The summed E-state index contributed by atoms with van der Waals surface area (Å²) in [5.74, 6) is 0.922. The first-order valence-corrected chi connectivity index (χ1v) is 10.1. The van der Waals surface area contributed by atoms with Crippen molar-refractivity contribution in [3.05, 3.63) is 48.9 Å². The molecule has 0 aliphatic carbocycles. The van der Waals surface area contributed by atoms with Gasteiger partial charge in [0.15, 0.2) is 5.82 Å². The van der Waals surface area contributed by atoms with E-state index >= 15 is 0 Å². The number of hydrogen-bond donors (Lipinski definition) is 3. The van der Waals surface area contributed by atoms with Gasteiger partial charge in [-0.25, -0.2) is 0 Å². The lowest BCUT2D eigenvalue weighted by molar-refractivity contribution is 0.370. The normalized spacial score (nSPS) is 19.5. The molecule has 148 valence electrons. The summed E-state index contributed by atoms with van der Waals surface area (Å²) in [6.45, 7) is 3.29. The molecule has 1 aromatic carbocycles. The van der Waals surface area contributed by atoms with Crippen LogP contribution in [0, 0.1) is 0 Å². The highest BCUT2D eigenvalue weighted by Crippen LogP contribution is 2.34. The topological polar surface area (TPSA) is 85.5 Å².